The van der Waals surface area contributed by atoms with Crippen molar-refractivity contribution in [1.82, 2.24) is 4.40 Å². The Kier molecular flexibility index (Phi) is 3.60. The SMILES string of the molecule is NC(=S)Cc1cn2ccccc2[nH+]1.[Br-]. The van der Waals surface area contributed by atoms with E-state index in [-0.39, 0.29) is 17.0 Å². The van der Waals surface area contributed by atoms with Crippen LogP contribution in [-0.2, 0) is 6.42 Å². The number of H-pyrrole nitrogens is 1. The fourth-order valence-electron chi connectivity index (χ4n) is 1.32. The van der Waals surface area contributed by atoms with Crippen molar-refractivity contribution in [3.8, 4) is 0 Å². The van der Waals surface area contributed by atoms with E-state index in [2.05, 4.69) is 4.98 Å². The second-order valence-corrected chi connectivity index (χ2v) is 3.44. The van der Waals surface area contributed by atoms with Gasteiger partial charge >= 0.3 is 0 Å². The van der Waals surface area contributed by atoms with Crippen molar-refractivity contribution in [3.05, 3.63) is 36.3 Å². The second kappa shape index (κ2) is 4.52. The van der Waals surface area contributed by atoms with Crippen LogP contribution >= 0.6 is 12.2 Å². The van der Waals surface area contributed by atoms with Crippen LogP contribution in [0.2, 0.25) is 0 Å². The van der Waals surface area contributed by atoms with Gasteiger partial charge in [-0.25, -0.2) is 9.38 Å². The van der Waals surface area contributed by atoms with Crippen molar-refractivity contribution in [2.75, 3.05) is 0 Å². The van der Waals surface area contributed by atoms with E-state index in [1.165, 1.54) is 0 Å². The lowest BCUT2D eigenvalue weighted by Gasteiger charge is -1.86. The summed E-state index contributed by atoms with van der Waals surface area (Å²) >= 11 is 4.83. The lowest BCUT2D eigenvalue weighted by atomic mass is 10.3. The number of halogens is 1. The topological polar surface area (TPSA) is 44.6 Å². The van der Waals surface area contributed by atoms with Crippen molar-refractivity contribution in [2.45, 2.75) is 6.42 Å². The van der Waals surface area contributed by atoms with E-state index in [1.807, 2.05) is 35.0 Å². The predicted molar refractivity (Wildman–Crippen MR) is 54.4 cm³/mol. The van der Waals surface area contributed by atoms with Gasteiger partial charge in [0.2, 0.25) is 0 Å². The first-order valence-corrected chi connectivity index (χ1v) is 4.43. The number of hydrogen-bond acceptors (Lipinski definition) is 1. The molecule has 0 fully saturated rings. The zero-order valence-corrected chi connectivity index (χ0v) is 9.81. The zero-order valence-electron chi connectivity index (χ0n) is 7.40. The third-order valence-corrected chi connectivity index (χ3v) is 1.98. The number of rotatable bonds is 2. The van der Waals surface area contributed by atoms with Crippen LogP contribution in [0.5, 0.6) is 0 Å². The van der Waals surface area contributed by atoms with Gasteiger partial charge in [-0.2, -0.15) is 0 Å². The minimum absolute atomic E-state index is 0. The quantitative estimate of drug-likeness (QED) is 0.619. The second-order valence-electron chi connectivity index (χ2n) is 2.92. The number of pyridine rings is 1. The molecule has 0 saturated heterocycles. The Hall–Kier alpha value is -0.940. The average Bonchev–Trinajstić information content (AvgIpc) is 2.44. The first-order chi connectivity index (χ1) is 6.25. The number of aromatic nitrogens is 2. The van der Waals surface area contributed by atoms with E-state index in [1.54, 1.807) is 0 Å². The van der Waals surface area contributed by atoms with E-state index in [0.717, 1.165) is 11.3 Å². The summed E-state index contributed by atoms with van der Waals surface area (Å²) < 4.78 is 2.01. The number of thiocarbonyl (C=S) groups is 1. The summed E-state index contributed by atoms with van der Waals surface area (Å²) in [6.07, 6.45) is 4.60. The molecule has 0 radical (unpaired) electrons. The zero-order chi connectivity index (χ0) is 9.26. The van der Waals surface area contributed by atoms with Crippen LogP contribution in [0.3, 0.4) is 0 Å². The molecule has 3 N–H and O–H groups in total. The van der Waals surface area contributed by atoms with Gasteiger partial charge in [0, 0.05) is 6.07 Å². The number of nitrogens with one attached hydrogen (secondary N) is 1. The molecule has 74 valence electrons. The Morgan fingerprint density at radius 1 is 1.50 bits per heavy atom. The van der Waals surface area contributed by atoms with E-state index in [9.17, 15) is 0 Å². The van der Waals surface area contributed by atoms with Gasteiger partial charge in [0.1, 0.15) is 11.9 Å². The van der Waals surface area contributed by atoms with Gasteiger partial charge < -0.3 is 22.7 Å². The molecular weight excluding hydrogens is 262 g/mol. The van der Waals surface area contributed by atoms with E-state index < -0.39 is 0 Å². The maximum Gasteiger partial charge on any atom is 0.284 e. The normalized spacial score (nSPS) is 9.71. The van der Waals surface area contributed by atoms with Gasteiger partial charge in [-0.3, -0.25) is 0 Å². The lowest BCUT2D eigenvalue weighted by Crippen LogP contribution is -3.00. The Balaban J connectivity index is 0.000000980. The van der Waals surface area contributed by atoms with E-state index >= 15 is 0 Å². The lowest BCUT2D eigenvalue weighted by molar-refractivity contribution is -0.354. The molecule has 2 heterocycles. The number of aromatic amines is 1. The third kappa shape index (κ3) is 2.30. The molecule has 0 aromatic carbocycles. The molecule has 0 unspecified atom stereocenters. The first-order valence-electron chi connectivity index (χ1n) is 4.02. The van der Waals surface area contributed by atoms with E-state index in [0.29, 0.717) is 11.4 Å². The largest absolute Gasteiger partial charge is 1.00 e. The molecule has 14 heavy (non-hydrogen) atoms. The van der Waals surface area contributed by atoms with Crippen LogP contribution in [0.15, 0.2) is 30.6 Å². The highest BCUT2D eigenvalue weighted by molar-refractivity contribution is 7.80. The highest BCUT2D eigenvalue weighted by Crippen LogP contribution is 1.99. The fraction of sp³-hybridized carbons (Fsp3) is 0.111. The van der Waals surface area contributed by atoms with Gasteiger partial charge in [0.15, 0.2) is 0 Å². The Morgan fingerprint density at radius 2 is 2.29 bits per heavy atom. The Labute approximate surface area is 97.7 Å². The molecule has 0 amide bonds. The molecule has 5 heteroatoms. The highest BCUT2D eigenvalue weighted by Gasteiger charge is 2.07. The van der Waals surface area contributed by atoms with E-state index in [4.69, 9.17) is 18.0 Å². The number of nitrogens with two attached hydrogens (primary N) is 1. The van der Waals surface area contributed by atoms with Crippen molar-refractivity contribution in [2.24, 2.45) is 5.73 Å². The standard InChI is InChI=1S/C9H9N3S.BrH/c10-8(13)5-7-6-12-4-2-1-3-9(12)11-7;/h1-4,6H,5H2,(H2,10,13);1H. The van der Waals surface area contributed by atoms with Crippen molar-refractivity contribution >= 4 is 22.9 Å². The fourth-order valence-corrected chi connectivity index (χ4v) is 1.47. The smallest absolute Gasteiger partial charge is 0.284 e. The molecule has 2 aromatic heterocycles. The summed E-state index contributed by atoms with van der Waals surface area (Å²) in [4.78, 5) is 3.73. The molecule has 0 bridgehead atoms. The Morgan fingerprint density at radius 3 is 2.93 bits per heavy atom. The molecule has 0 aliphatic carbocycles. The van der Waals surface area contributed by atoms with Crippen molar-refractivity contribution in [1.29, 1.82) is 0 Å². The summed E-state index contributed by atoms with van der Waals surface area (Å²) in [5, 5.41) is 0. The van der Waals surface area contributed by atoms with Crippen LogP contribution in [0, 0.1) is 0 Å². The Bertz CT molecular complexity index is 419. The summed E-state index contributed by atoms with van der Waals surface area (Å²) in [5.74, 6) is 0. The highest BCUT2D eigenvalue weighted by atomic mass is 79.9. The molecule has 0 atom stereocenters. The van der Waals surface area contributed by atoms with Gasteiger partial charge in [-0.05, 0) is 6.07 Å². The van der Waals surface area contributed by atoms with Gasteiger partial charge in [0.05, 0.1) is 17.6 Å². The van der Waals surface area contributed by atoms with Crippen molar-refractivity contribution in [3.63, 3.8) is 0 Å². The van der Waals surface area contributed by atoms with Crippen LogP contribution in [0.4, 0.5) is 0 Å². The molecule has 0 saturated carbocycles. The van der Waals surface area contributed by atoms with Crippen LogP contribution in [0.1, 0.15) is 5.69 Å². The molecule has 3 nitrogen and oxygen atoms in total. The summed E-state index contributed by atoms with van der Waals surface area (Å²) in [7, 11) is 0. The van der Waals surface area contributed by atoms with Crippen molar-refractivity contribution < 1.29 is 22.0 Å². The third-order valence-electron chi connectivity index (χ3n) is 1.84. The molecule has 2 rings (SSSR count). The van der Waals surface area contributed by atoms with Gasteiger partial charge in [-0.1, -0.05) is 18.3 Å². The number of imidazole rings is 1. The number of hydrogen-bond donors (Lipinski definition) is 1. The molecule has 0 aliphatic rings. The summed E-state index contributed by atoms with van der Waals surface area (Å²) in [5.41, 5.74) is 7.54. The molecule has 2 aromatic rings. The van der Waals surface area contributed by atoms with Crippen LogP contribution in [0.25, 0.3) is 5.65 Å². The van der Waals surface area contributed by atoms with Gasteiger partial charge in [0.25, 0.3) is 5.65 Å². The monoisotopic (exact) mass is 271 g/mol. The summed E-state index contributed by atoms with van der Waals surface area (Å²) in [6, 6.07) is 5.96. The molecule has 0 spiro atoms. The summed E-state index contributed by atoms with van der Waals surface area (Å²) in [6.45, 7) is 0. The van der Waals surface area contributed by atoms with Crippen LogP contribution < -0.4 is 27.7 Å². The number of fused-ring (bicyclic) bond motifs is 1. The van der Waals surface area contributed by atoms with Crippen LogP contribution in [-0.4, -0.2) is 9.39 Å². The van der Waals surface area contributed by atoms with Gasteiger partial charge in [-0.15, -0.1) is 0 Å². The minimum Gasteiger partial charge on any atom is -1.00 e. The predicted octanol–water partition coefficient (Wildman–Crippen LogP) is -2.41. The maximum atomic E-state index is 5.45. The first kappa shape index (κ1) is 11.1. The molecular formula is C9H10BrN3S. The number of nitrogens with zero attached hydrogens (tertiary/aromatic N) is 1. The average molecular weight is 272 g/mol. The molecule has 0 aliphatic heterocycles. The maximum absolute atomic E-state index is 5.45. The minimum atomic E-state index is 0.